The number of carbonyl (C=O) groups is 1. The van der Waals surface area contributed by atoms with Crippen LogP contribution in [0.4, 0.5) is 10.5 Å². The van der Waals surface area contributed by atoms with E-state index in [1.165, 1.54) is 24.1 Å². The van der Waals surface area contributed by atoms with Gasteiger partial charge in [-0.3, -0.25) is 0 Å². The van der Waals surface area contributed by atoms with Gasteiger partial charge in [0.15, 0.2) is 0 Å². The molecule has 24 heavy (non-hydrogen) atoms. The number of benzene rings is 1. The van der Waals surface area contributed by atoms with Crippen molar-refractivity contribution >= 4 is 17.5 Å². The second kappa shape index (κ2) is 4.96. The number of amides is 1. The second-order valence-electron chi connectivity index (χ2n) is 7.55. The molecule has 0 aromatic heterocycles. The van der Waals surface area contributed by atoms with Gasteiger partial charge in [0.2, 0.25) is 0 Å². The van der Waals surface area contributed by atoms with Crippen molar-refractivity contribution in [2.75, 3.05) is 31.2 Å². The molecule has 3 fully saturated rings. The summed E-state index contributed by atoms with van der Waals surface area (Å²) in [4.78, 5) is 13.7. The molecule has 6 heteroatoms. The third-order valence-electron chi connectivity index (χ3n) is 5.49. The molecule has 4 aliphatic rings. The molecule has 3 heterocycles. The molecule has 5 rings (SSSR count). The summed E-state index contributed by atoms with van der Waals surface area (Å²) in [7, 11) is 0. The summed E-state index contributed by atoms with van der Waals surface area (Å²) in [6.07, 6.45) is 1.71. The Morgan fingerprint density at radius 1 is 1.29 bits per heavy atom. The molecule has 0 bridgehead atoms. The number of cyclic esters (lactones) is 1. The molecule has 0 radical (unpaired) electrons. The van der Waals surface area contributed by atoms with Crippen molar-refractivity contribution in [3.05, 3.63) is 29.3 Å². The van der Waals surface area contributed by atoms with Gasteiger partial charge in [-0.15, -0.1) is 0 Å². The fourth-order valence-electron chi connectivity index (χ4n) is 3.97. The summed E-state index contributed by atoms with van der Waals surface area (Å²) < 4.78 is 10.6. The van der Waals surface area contributed by atoms with Crippen molar-refractivity contribution in [2.45, 2.75) is 31.8 Å². The first-order valence-corrected chi connectivity index (χ1v) is 8.65. The molecule has 1 aliphatic carbocycles. The van der Waals surface area contributed by atoms with Crippen LogP contribution in [0.15, 0.2) is 23.3 Å². The number of ether oxygens (including phenoxy) is 2. The zero-order valence-corrected chi connectivity index (χ0v) is 13.7. The number of hydrazone groups is 1. The number of hydrogen-bond acceptors (Lipinski definition) is 5. The highest BCUT2D eigenvalue weighted by Gasteiger charge is 2.49. The Bertz CT molecular complexity index is 729. The lowest BCUT2D eigenvalue weighted by Gasteiger charge is -2.56. The zero-order valence-electron chi connectivity index (χ0n) is 13.7. The van der Waals surface area contributed by atoms with Gasteiger partial charge in [-0.25, -0.2) is 10.2 Å². The van der Waals surface area contributed by atoms with Crippen LogP contribution in [-0.2, 0) is 9.47 Å². The van der Waals surface area contributed by atoms with E-state index in [1.54, 1.807) is 0 Å². The summed E-state index contributed by atoms with van der Waals surface area (Å²) >= 11 is 0. The van der Waals surface area contributed by atoms with Gasteiger partial charge < -0.3 is 14.4 Å². The van der Waals surface area contributed by atoms with E-state index in [4.69, 9.17) is 9.47 Å². The molecule has 0 unspecified atom stereocenters. The first-order valence-electron chi connectivity index (χ1n) is 8.65. The van der Waals surface area contributed by atoms with Crippen molar-refractivity contribution in [1.29, 1.82) is 0 Å². The molecule has 6 nitrogen and oxygen atoms in total. The maximum Gasteiger partial charge on any atom is 0.428 e. The second-order valence-corrected chi connectivity index (χ2v) is 7.55. The number of carbonyl (C=O) groups excluding carboxylic acids is 1. The normalized spacial score (nSPS) is 27.7. The van der Waals surface area contributed by atoms with Gasteiger partial charge in [0.05, 0.1) is 18.6 Å². The first-order chi connectivity index (χ1) is 11.6. The molecule has 1 aromatic carbocycles. The topological polar surface area (TPSA) is 63.2 Å². The van der Waals surface area contributed by atoms with Gasteiger partial charge in [0.1, 0.15) is 11.8 Å². The van der Waals surface area contributed by atoms with E-state index in [-0.39, 0.29) is 6.10 Å². The Morgan fingerprint density at radius 3 is 2.71 bits per heavy atom. The van der Waals surface area contributed by atoms with Gasteiger partial charge in [0.25, 0.3) is 0 Å². The monoisotopic (exact) mass is 327 g/mol. The van der Waals surface area contributed by atoms with Crippen molar-refractivity contribution < 1.29 is 14.3 Å². The van der Waals surface area contributed by atoms with Crippen LogP contribution < -0.4 is 10.3 Å². The highest BCUT2D eigenvalue weighted by molar-refractivity contribution is 6.06. The standard InChI is InChI=1S/C18H21N3O3/c1-11-16(19-20-17(22)24-11)13-4-5-15(14(6-13)12-2-3-12)21-7-18(8-21)9-23-10-18/h4-6,11-12H,2-3,7-10H2,1H3,(H,20,22)/t11-/m0/s1. The lowest BCUT2D eigenvalue weighted by Crippen LogP contribution is -2.66. The summed E-state index contributed by atoms with van der Waals surface area (Å²) in [5.74, 6) is 0.657. The molecular weight excluding hydrogens is 306 g/mol. The van der Waals surface area contributed by atoms with Gasteiger partial charge in [-0.1, -0.05) is 6.07 Å². The minimum atomic E-state index is -0.487. The number of nitrogens with zero attached hydrogens (tertiary/aromatic N) is 2. The molecule has 1 saturated carbocycles. The fraction of sp³-hybridized carbons (Fsp3) is 0.556. The highest BCUT2D eigenvalue weighted by Crippen LogP contribution is 2.48. The van der Waals surface area contributed by atoms with Crippen LogP contribution in [0.5, 0.6) is 0 Å². The molecule has 1 spiro atoms. The molecule has 1 N–H and O–H groups in total. The molecular formula is C18H21N3O3. The van der Waals surface area contributed by atoms with Crippen LogP contribution in [0.2, 0.25) is 0 Å². The van der Waals surface area contributed by atoms with E-state index < -0.39 is 6.09 Å². The summed E-state index contributed by atoms with van der Waals surface area (Å²) in [6, 6.07) is 6.55. The minimum Gasteiger partial charge on any atom is -0.439 e. The Hall–Kier alpha value is -2.08. The minimum absolute atomic E-state index is 0.323. The summed E-state index contributed by atoms with van der Waals surface area (Å²) in [5, 5.41) is 4.20. The van der Waals surface area contributed by atoms with E-state index in [2.05, 4.69) is 33.6 Å². The van der Waals surface area contributed by atoms with E-state index in [0.29, 0.717) is 11.3 Å². The smallest absolute Gasteiger partial charge is 0.428 e. The first kappa shape index (κ1) is 14.3. The molecule has 1 amide bonds. The van der Waals surface area contributed by atoms with Gasteiger partial charge >= 0.3 is 6.09 Å². The van der Waals surface area contributed by atoms with Crippen LogP contribution in [0.1, 0.15) is 36.8 Å². The molecule has 2 saturated heterocycles. The van der Waals surface area contributed by atoms with Crippen LogP contribution in [0.25, 0.3) is 0 Å². The number of nitrogens with one attached hydrogen (secondary N) is 1. The van der Waals surface area contributed by atoms with Crippen LogP contribution in [0, 0.1) is 5.41 Å². The third kappa shape index (κ3) is 2.20. The summed E-state index contributed by atoms with van der Waals surface area (Å²) in [5.41, 5.74) is 7.42. The van der Waals surface area contributed by atoms with Crippen molar-refractivity contribution in [1.82, 2.24) is 5.43 Å². The largest absolute Gasteiger partial charge is 0.439 e. The molecule has 126 valence electrons. The van der Waals surface area contributed by atoms with Crippen LogP contribution in [0.3, 0.4) is 0 Å². The Balaban J connectivity index is 1.44. The third-order valence-corrected chi connectivity index (χ3v) is 5.49. The van der Waals surface area contributed by atoms with E-state index in [0.717, 1.165) is 37.6 Å². The quantitative estimate of drug-likeness (QED) is 0.925. The van der Waals surface area contributed by atoms with E-state index >= 15 is 0 Å². The molecule has 1 aromatic rings. The summed E-state index contributed by atoms with van der Waals surface area (Å²) in [6.45, 7) is 5.88. The number of hydrogen-bond donors (Lipinski definition) is 1. The van der Waals surface area contributed by atoms with Crippen LogP contribution >= 0.6 is 0 Å². The Morgan fingerprint density at radius 2 is 2.08 bits per heavy atom. The Labute approximate surface area is 140 Å². The maximum absolute atomic E-state index is 11.3. The average molecular weight is 327 g/mol. The van der Waals surface area contributed by atoms with Gasteiger partial charge in [-0.2, -0.15) is 5.10 Å². The fourth-order valence-corrected chi connectivity index (χ4v) is 3.97. The SMILES string of the molecule is C[C@@H]1OC(=O)NN=C1c1ccc(N2CC3(COC3)C2)c(C2CC2)c1. The number of rotatable bonds is 3. The number of anilines is 1. The van der Waals surface area contributed by atoms with Gasteiger partial charge in [0, 0.05) is 24.3 Å². The predicted octanol–water partition coefficient (Wildman–Crippen LogP) is 2.23. The van der Waals surface area contributed by atoms with Crippen molar-refractivity contribution in [3.8, 4) is 0 Å². The van der Waals surface area contributed by atoms with Gasteiger partial charge in [-0.05, 0) is 43.4 Å². The van der Waals surface area contributed by atoms with Crippen molar-refractivity contribution in [2.24, 2.45) is 10.5 Å². The van der Waals surface area contributed by atoms with E-state index in [1.807, 2.05) is 6.92 Å². The lowest BCUT2D eigenvalue weighted by atomic mass is 9.77. The lowest BCUT2D eigenvalue weighted by molar-refractivity contribution is -0.127. The van der Waals surface area contributed by atoms with Crippen molar-refractivity contribution in [3.63, 3.8) is 0 Å². The predicted molar refractivity (Wildman–Crippen MR) is 89.5 cm³/mol. The average Bonchev–Trinajstić information content (AvgIpc) is 3.29. The highest BCUT2D eigenvalue weighted by atomic mass is 16.6. The van der Waals surface area contributed by atoms with Crippen LogP contribution in [-0.4, -0.2) is 44.2 Å². The zero-order chi connectivity index (χ0) is 16.3. The molecule has 1 atom stereocenters. The molecule has 3 aliphatic heterocycles. The maximum atomic E-state index is 11.3. The van der Waals surface area contributed by atoms with E-state index in [9.17, 15) is 4.79 Å². The Kier molecular flexibility index (Phi) is 2.95.